The van der Waals surface area contributed by atoms with Crippen LogP contribution in [0.15, 0.2) is 37.2 Å². The van der Waals surface area contributed by atoms with Crippen LogP contribution in [0.1, 0.15) is 59.8 Å². The fraction of sp³-hybridized carbons (Fsp3) is 0.417. The summed E-state index contributed by atoms with van der Waals surface area (Å²) in [7, 11) is 0. The fourth-order valence-corrected chi connectivity index (χ4v) is 3.62. The molecule has 1 aliphatic carbocycles. The molecule has 0 heterocycles. The number of benzene rings is 2. The third-order valence-corrected chi connectivity index (χ3v) is 5.12. The largest absolute Gasteiger partial charge is 0.386 e. The Morgan fingerprint density at radius 2 is 1.63 bits per heavy atom. The van der Waals surface area contributed by atoms with E-state index in [9.17, 15) is 49.0 Å². The van der Waals surface area contributed by atoms with Crippen LogP contribution in [0.25, 0.3) is 0 Å². The van der Waals surface area contributed by atoms with Gasteiger partial charge in [-0.25, -0.2) is 30.7 Å². The molecule has 11 heteroatoms. The first-order valence-electron chi connectivity index (χ1n) is 10.2. The second-order valence-corrected chi connectivity index (χ2v) is 7.86. The molecule has 1 unspecified atom stereocenters. The fourth-order valence-electron chi connectivity index (χ4n) is 3.62. The predicted octanol–water partition coefficient (Wildman–Crippen LogP) is 8.26. The molecule has 0 aliphatic heterocycles. The molecule has 1 atom stereocenters. The topological polar surface area (TPSA) is 20.2 Å². The van der Waals surface area contributed by atoms with Crippen molar-refractivity contribution in [3.8, 4) is 0 Å². The molecule has 1 nitrogen and oxygen atoms in total. The highest BCUT2D eigenvalue weighted by Gasteiger charge is 2.48. The SMILES string of the molecule is C=CF.CC(F)(F)F.CCC(F)(F)c1cc(F)cc(F)c1Cc1ccc(C)c2c1CC(F)(F)C2O. The number of halogens is 10. The van der Waals surface area contributed by atoms with Gasteiger partial charge >= 0.3 is 6.18 Å². The molecule has 0 spiro atoms. The maximum Gasteiger partial charge on any atom is 0.386 e. The van der Waals surface area contributed by atoms with Crippen molar-refractivity contribution in [1.29, 1.82) is 0 Å². The average molecular weight is 518 g/mol. The van der Waals surface area contributed by atoms with Gasteiger partial charge in [-0.2, -0.15) is 13.2 Å². The number of aliphatic hydroxyl groups is 1. The van der Waals surface area contributed by atoms with Crippen LogP contribution in [0, 0.1) is 18.6 Å². The number of hydrogen-bond donors (Lipinski definition) is 1. The Morgan fingerprint density at radius 3 is 2.11 bits per heavy atom. The first-order chi connectivity index (χ1) is 15.9. The Labute approximate surface area is 196 Å². The maximum atomic E-state index is 14.4. The number of rotatable bonds is 4. The smallest absolute Gasteiger partial charge is 0.382 e. The zero-order valence-electron chi connectivity index (χ0n) is 19.0. The van der Waals surface area contributed by atoms with E-state index in [0.29, 0.717) is 17.7 Å². The van der Waals surface area contributed by atoms with E-state index < -0.39 is 66.1 Å². The van der Waals surface area contributed by atoms with E-state index in [1.165, 1.54) is 19.1 Å². The Balaban J connectivity index is 0.000000669. The van der Waals surface area contributed by atoms with E-state index in [1.807, 2.05) is 0 Å². The number of aliphatic hydroxyl groups excluding tert-OH is 1. The van der Waals surface area contributed by atoms with Gasteiger partial charge in [0.05, 0.1) is 6.33 Å². The van der Waals surface area contributed by atoms with E-state index in [2.05, 4.69) is 6.58 Å². The lowest BCUT2D eigenvalue weighted by atomic mass is 9.90. The van der Waals surface area contributed by atoms with Crippen molar-refractivity contribution in [2.75, 3.05) is 0 Å². The minimum atomic E-state index is -4.00. The minimum absolute atomic E-state index is 0.0452. The van der Waals surface area contributed by atoms with Crippen LogP contribution in [0.3, 0.4) is 0 Å². The van der Waals surface area contributed by atoms with E-state index >= 15 is 0 Å². The van der Waals surface area contributed by atoms with Crippen LogP contribution in [0.2, 0.25) is 0 Å². The first kappa shape index (κ1) is 30.5. The highest BCUT2D eigenvalue weighted by atomic mass is 19.4. The van der Waals surface area contributed by atoms with Crippen molar-refractivity contribution in [3.63, 3.8) is 0 Å². The van der Waals surface area contributed by atoms with E-state index in [-0.39, 0.29) is 29.9 Å². The summed E-state index contributed by atoms with van der Waals surface area (Å²) in [4.78, 5) is 0. The van der Waals surface area contributed by atoms with Gasteiger partial charge < -0.3 is 5.11 Å². The molecule has 2 aromatic rings. The van der Waals surface area contributed by atoms with Crippen LogP contribution in [0.4, 0.5) is 43.9 Å². The summed E-state index contributed by atoms with van der Waals surface area (Å²) in [5.74, 6) is -9.13. The van der Waals surface area contributed by atoms with Gasteiger partial charge in [-0.05, 0) is 35.2 Å². The van der Waals surface area contributed by atoms with Crippen molar-refractivity contribution >= 4 is 0 Å². The molecule has 0 bridgehead atoms. The summed E-state index contributed by atoms with van der Waals surface area (Å²) in [6, 6.07) is 4.03. The zero-order chi connectivity index (χ0) is 27.4. The lowest BCUT2D eigenvalue weighted by molar-refractivity contribution is -0.110. The van der Waals surface area contributed by atoms with Crippen molar-refractivity contribution in [2.45, 2.75) is 64.2 Å². The second kappa shape index (κ2) is 11.5. The molecule has 35 heavy (non-hydrogen) atoms. The van der Waals surface area contributed by atoms with Gasteiger partial charge in [0.25, 0.3) is 11.8 Å². The standard InChI is InChI=1S/C20H18F6O.C2H3F3.C2H3F/c1-3-19(23,24)15-7-12(21)8-16(22)13(15)6-11-5-4-10(2)17-14(11)9-20(25,26)18(17)27;1-2(3,4)5;1-2-3/h4-5,7-8,18,27H,3,6,9H2,1-2H3;1H3;2H,1H2. The summed E-state index contributed by atoms with van der Waals surface area (Å²) in [5.41, 5.74) is -0.394. The maximum absolute atomic E-state index is 14.4. The van der Waals surface area contributed by atoms with Crippen LogP contribution < -0.4 is 0 Å². The Bertz CT molecular complexity index is 1020. The summed E-state index contributed by atoms with van der Waals surface area (Å²) in [6.07, 6.45) is -7.57. The number of alkyl halides is 7. The molecule has 0 saturated carbocycles. The molecule has 0 fully saturated rings. The van der Waals surface area contributed by atoms with E-state index in [4.69, 9.17) is 0 Å². The van der Waals surface area contributed by atoms with Crippen molar-refractivity contribution < 1.29 is 49.0 Å². The van der Waals surface area contributed by atoms with Gasteiger partial charge in [-0.3, -0.25) is 0 Å². The second-order valence-electron chi connectivity index (χ2n) is 7.86. The molecular formula is C24H24F10O. The highest BCUT2D eigenvalue weighted by molar-refractivity contribution is 5.50. The third-order valence-electron chi connectivity index (χ3n) is 5.12. The highest BCUT2D eigenvalue weighted by Crippen LogP contribution is 2.46. The van der Waals surface area contributed by atoms with Crippen LogP contribution in [-0.2, 0) is 18.8 Å². The van der Waals surface area contributed by atoms with Gasteiger partial charge in [0.2, 0.25) is 0 Å². The molecule has 0 aromatic heterocycles. The summed E-state index contributed by atoms with van der Waals surface area (Å²) in [5, 5.41) is 9.90. The van der Waals surface area contributed by atoms with E-state index in [0.717, 1.165) is 0 Å². The van der Waals surface area contributed by atoms with Crippen molar-refractivity contribution in [3.05, 3.63) is 82.2 Å². The Morgan fingerprint density at radius 1 is 1.11 bits per heavy atom. The Hall–Kier alpha value is -2.56. The molecule has 0 radical (unpaired) electrons. The molecule has 1 aliphatic rings. The Kier molecular flexibility index (Phi) is 9.97. The van der Waals surface area contributed by atoms with Gasteiger partial charge in [0, 0.05) is 43.4 Å². The van der Waals surface area contributed by atoms with Crippen LogP contribution >= 0.6 is 0 Å². The molecule has 1 N–H and O–H groups in total. The summed E-state index contributed by atoms with van der Waals surface area (Å²) < 4.78 is 125. The predicted molar refractivity (Wildman–Crippen MR) is 111 cm³/mol. The molecule has 0 amide bonds. The first-order valence-corrected chi connectivity index (χ1v) is 10.2. The third kappa shape index (κ3) is 7.98. The lowest BCUT2D eigenvalue weighted by Gasteiger charge is -2.20. The summed E-state index contributed by atoms with van der Waals surface area (Å²) >= 11 is 0. The minimum Gasteiger partial charge on any atom is -0.382 e. The average Bonchev–Trinajstić information content (AvgIpc) is 2.95. The van der Waals surface area contributed by atoms with Gasteiger partial charge in [0.15, 0.2) is 0 Å². The van der Waals surface area contributed by atoms with Crippen molar-refractivity contribution in [2.24, 2.45) is 0 Å². The van der Waals surface area contributed by atoms with Gasteiger partial charge in [-0.15, -0.1) is 0 Å². The number of aryl methyl sites for hydroxylation is 1. The zero-order valence-corrected chi connectivity index (χ0v) is 19.0. The quantitative estimate of drug-likeness (QED) is 0.404. The van der Waals surface area contributed by atoms with E-state index in [1.54, 1.807) is 6.92 Å². The molecule has 0 saturated heterocycles. The molecular weight excluding hydrogens is 494 g/mol. The molecule has 2 aromatic carbocycles. The van der Waals surface area contributed by atoms with Gasteiger partial charge in [0.1, 0.15) is 17.7 Å². The number of hydrogen-bond acceptors (Lipinski definition) is 1. The van der Waals surface area contributed by atoms with Crippen LogP contribution in [0.5, 0.6) is 0 Å². The van der Waals surface area contributed by atoms with Crippen LogP contribution in [-0.4, -0.2) is 17.2 Å². The molecule has 3 rings (SSSR count). The summed E-state index contributed by atoms with van der Waals surface area (Å²) in [6.45, 7) is 5.63. The monoisotopic (exact) mass is 518 g/mol. The lowest BCUT2D eigenvalue weighted by Crippen LogP contribution is -2.21. The normalized spacial score (nSPS) is 16.5. The number of fused-ring (bicyclic) bond motifs is 1. The molecule has 196 valence electrons. The van der Waals surface area contributed by atoms with Crippen molar-refractivity contribution in [1.82, 2.24) is 0 Å². The van der Waals surface area contributed by atoms with Gasteiger partial charge in [-0.1, -0.05) is 25.6 Å².